The van der Waals surface area contributed by atoms with Gasteiger partial charge in [0.25, 0.3) is 0 Å². The van der Waals surface area contributed by atoms with E-state index < -0.39 is 17.4 Å². The normalized spacial score (nSPS) is 15.3. The molecule has 3 N–H and O–H groups in total. The lowest BCUT2D eigenvalue weighted by atomic mass is 10.1. The van der Waals surface area contributed by atoms with E-state index >= 15 is 0 Å². The fraction of sp³-hybridized carbons (Fsp3) is 0.579. The number of nitrogens with zero attached hydrogens (tertiary/aromatic N) is 2. The van der Waals surface area contributed by atoms with Gasteiger partial charge in [-0.1, -0.05) is 0 Å². The summed E-state index contributed by atoms with van der Waals surface area (Å²) in [6, 6.07) is 3.84. The SMILES string of the molecule is CC(=O)N1CCCN(c2ccc(F)cc2NC(=O)NCCC(C)(C)O)CC1. The second-order valence-electron chi connectivity index (χ2n) is 7.45. The molecule has 2 rings (SSSR count). The van der Waals surface area contributed by atoms with Crippen molar-refractivity contribution in [2.24, 2.45) is 0 Å². The number of amides is 3. The van der Waals surface area contributed by atoms with E-state index in [9.17, 15) is 19.1 Å². The van der Waals surface area contributed by atoms with Crippen LogP contribution in [0.1, 0.15) is 33.6 Å². The zero-order valence-corrected chi connectivity index (χ0v) is 16.2. The Kier molecular flexibility index (Phi) is 7.01. The van der Waals surface area contributed by atoms with Crippen molar-refractivity contribution in [3.8, 4) is 0 Å². The smallest absolute Gasteiger partial charge is 0.319 e. The van der Waals surface area contributed by atoms with Gasteiger partial charge in [-0.3, -0.25) is 4.79 Å². The number of anilines is 2. The molecule has 150 valence electrons. The summed E-state index contributed by atoms with van der Waals surface area (Å²) < 4.78 is 13.7. The van der Waals surface area contributed by atoms with E-state index in [1.807, 2.05) is 0 Å². The van der Waals surface area contributed by atoms with Crippen molar-refractivity contribution in [1.82, 2.24) is 10.2 Å². The number of nitrogens with one attached hydrogen (secondary N) is 2. The predicted octanol–water partition coefficient (Wildman–Crippen LogP) is 2.17. The summed E-state index contributed by atoms with van der Waals surface area (Å²) in [5, 5.41) is 15.1. The Morgan fingerprint density at radius 1 is 1.22 bits per heavy atom. The Morgan fingerprint density at radius 3 is 2.63 bits per heavy atom. The van der Waals surface area contributed by atoms with Crippen LogP contribution in [0.3, 0.4) is 0 Å². The summed E-state index contributed by atoms with van der Waals surface area (Å²) in [7, 11) is 0. The van der Waals surface area contributed by atoms with Gasteiger partial charge in [0.05, 0.1) is 17.0 Å². The summed E-state index contributed by atoms with van der Waals surface area (Å²) in [5.74, 6) is -0.397. The molecule has 1 fully saturated rings. The Morgan fingerprint density at radius 2 is 1.96 bits per heavy atom. The van der Waals surface area contributed by atoms with Gasteiger partial charge in [0.1, 0.15) is 5.82 Å². The van der Waals surface area contributed by atoms with E-state index in [0.717, 1.165) is 12.1 Å². The molecule has 1 aromatic carbocycles. The molecule has 0 atom stereocenters. The van der Waals surface area contributed by atoms with Gasteiger partial charge in [0.2, 0.25) is 5.91 Å². The standard InChI is InChI=1S/C19H29FN4O3/c1-14(25)23-9-4-10-24(12-11-23)17-6-5-15(20)13-16(17)22-18(26)21-8-7-19(2,3)27/h5-6,13,27H,4,7-12H2,1-3H3,(H2,21,22,26). The van der Waals surface area contributed by atoms with Gasteiger partial charge < -0.3 is 25.5 Å². The van der Waals surface area contributed by atoms with Crippen molar-refractivity contribution in [3.63, 3.8) is 0 Å². The van der Waals surface area contributed by atoms with Crippen molar-refractivity contribution in [2.45, 2.75) is 39.2 Å². The van der Waals surface area contributed by atoms with Gasteiger partial charge in [-0.25, -0.2) is 9.18 Å². The van der Waals surface area contributed by atoms with E-state index in [0.29, 0.717) is 44.8 Å². The summed E-state index contributed by atoms with van der Waals surface area (Å²) in [6.45, 7) is 7.79. The van der Waals surface area contributed by atoms with Crippen molar-refractivity contribution in [1.29, 1.82) is 0 Å². The van der Waals surface area contributed by atoms with Gasteiger partial charge in [-0.15, -0.1) is 0 Å². The maximum absolute atomic E-state index is 13.7. The first-order valence-corrected chi connectivity index (χ1v) is 9.23. The van der Waals surface area contributed by atoms with Crippen LogP contribution in [0.5, 0.6) is 0 Å². The van der Waals surface area contributed by atoms with Gasteiger partial charge in [0.15, 0.2) is 0 Å². The van der Waals surface area contributed by atoms with Gasteiger partial charge in [0, 0.05) is 39.6 Å². The number of rotatable bonds is 5. The molecule has 7 nitrogen and oxygen atoms in total. The van der Waals surface area contributed by atoms with Crippen LogP contribution in [0.15, 0.2) is 18.2 Å². The van der Waals surface area contributed by atoms with E-state index in [1.165, 1.54) is 12.1 Å². The lowest BCUT2D eigenvalue weighted by Gasteiger charge is -2.26. The minimum Gasteiger partial charge on any atom is -0.390 e. The van der Waals surface area contributed by atoms with Gasteiger partial charge in [-0.05, 0) is 44.9 Å². The Bertz CT molecular complexity index is 675. The number of urea groups is 1. The molecule has 0 saturated carbocycles. The highest BCUT2D eigenvalue weighted by Crippen LogP contribution is 2.28. The molecule has 0 aromatic heterocycles. The van der Waals surface area contributed by atoms with Crippen LogP contribution in [0, 0.1) is 5.82 Å². The fourth-order valence-corrected chi connectivity index (χ4v) is 3.01. The molecule has 1 aliphatic rings. The number of hydrogen-bond donors (Lipinski definition) is 3. The number of hydrogen-bond acceptors (Lipinski definition) is 4. The van der Waals surface area contributed by atoms with Crippen LogP contribution >= 0.6 is 0 Å². The predicted molar refractivity (Wildman–Crippen MR) is 103 cm³/mol. The third kappa shape index (κ3) is 6.71. The molecule has 0 spiro atoms. The average molecular weight is 380 g/mol. The number of halogens is 1. The zero-order chi connectivity index (χ0) is 20.0. The maximum Gasteiger partial charge on any atom is 0.319 e. The molecule has 0 unspecified atom stereocenters. The van der Waals surface area contributed by atoms with E-state index in [-0.39, 0.29) is 5.91 Å². The molecule has 0 aliphatic carbocycles. The molecule has 3 amide bonds. The Balaban J connectivity index is 2.05. The van der Waals surface area contributed by atoms with Crippen molar-refractivity contribution in [3.05, 3.63) is 24.0 Å². The second-order valence-corrected chi connectivity index (χ2v) is 7.45. The van der Waals surface area contributed by atoms with E-state index in [4.69, 9.17) is 0 Å². The van der Waals surface area contributed by atoms with Crippen molar-refractivity contribution in [2.75, 3.05) is 42.9 Å². The minimum atomic E-state index is -0.869. The molecule has 0 radical (unpaired) electrons. The third-order valence-electron chi connectivity index (χ3n) is 4.51. The van der Waals surface area contributed by atoms with E-state index in [1.54, 1.807) is 31.7 Å². The third-order valence-corrected chi connectivity index (χ3v) is 4.51. The summed E-state index contributed by atoms with van der Waals surface area (Å²) in [5.41, 5.74) is 0.234. The molecular formula is C19H29FN4O3. The van der Waals surface area contributed by atoms with Crippen LogP contribution in [0.25, 0.3) is 0 Å². The zero-order valence-electron chi connectivity index (χ0n) is 16.2. The molecule has 0 bridgehead atoms. The first-order valence-electron chi connectivity index (χ1n) is 9.23. The first kappa shape index (κ1) is 21.0. The minimum absolute atomic E-state index is 0.0421. The lowest BCUT2D eigenvalue weighted by Crippen LogP contribution is -2.35. The highest BCUT2D eigenvalue weighted by Gasteiger charge is 2.20. The highest BCUT2D eigenvalue weighted by atomic mass is 19.1. The topological polar surface area (TPSA) is 84.9 Å². The van der Waals surface area contributed by atoms with Gasteiger partial charge in [-0.2, -0.15) is 0 Å². The Hall–Kier alpha value is -2.35. The largest absolute Gasteiger partial charge is 0.390 e. The highest BCUT2D eigenvalue weighted by molar-refractivity contribution is 5.93. The number of aliphatic hydroxyl groups is 1. The summed E-state index contributed by atoms with van der Waals surface area (Å²) >= 11 is 0. The molecule has 1 heterocycles. The Labute approximate surface area is 159 Å². The molecule has 27 heavy (non-hydrogen) atoms. The summed E-state index contributed by atoms with van der Waals surface area (Å²) in [4.78, 5) is 27.6. The number of carbonyl (C=O) groups excluding carboxylic acids is 2. The summed E-state index contributed by atoms with van der Waals surface area (Å²) in [6.07, 6.45) is 1.21. The molecular weight excluding hydrogens is 351 g/mol. The quantitative estimate of drug-likeness (QED) is 0.731. The second kappa shape index (κ2) is 9.03. The van der Waals surface area contributed by atoms with E-state index in [2.05, 4.69) is 15.5 Å². The number of carbonyl (C=O) groups is 2. The van der Waals surface area contributed by atoms with Crippen molar-refractivity contribution >= 4 is 23.3 Å². The van der Waals surface area contributed by atoms with Crippen LogP contribution in [-0.2, 0) is 4.79 Å². The average Bonchev–Trinajstić information content (AvgIpc) is 2.80. The molecule has 1 saturated heterocycles. The molecule has 1 aliphatic heterocycles. The number of benzene rings is 1. The van der Waals surface area contributed by atoms with Crippen LogP contribution in [-0.4, -0.2) is 60.3 Å². The lowest BCUT2D eigenvalue weighted by molar-refractivity contribution is -0.128. The van der Waals surface area contributed by atoms with Crippen molar-refractivity contribution < 1.29 is 19.1 Å². The monoisotopic (exact) mass is 380 g/mol. The van der Waals surface area contributed by atoms with Crippen LogP contribution < -0.4 is 15.5 Å². The fourth-order valence-electron chi connectivity index (χ4n) is 3.01. The molecule has 1 aromatic rings. The first-order chi connectivity index (χ1) is 12.7. The maximum atomic E-state index is 13.7. The van der Waals surface area contributed by atoms with Crippen LogP contribution in [0.2, 0.25) is 0 Å². The molecule has 8 heteroatoms. The van der Waals surface area contributed by atoms with Gasteiger partial charge >= 0.3 is 6.03 Å². The van der Waals surface area contributed by atoms with Crippen LogP contribution in [0.4, 0.5) is 20.6 Å².